The van der Waals surface area contributed by atoms with Gasteiger partial charge >= 0.3 is 0 Å². The van der Waals surface area contributed by atoms with Gasteiger partial charge in [0, 0.05) is 57.1 Å². The van der Waals surface area contributed by atoms with Crippen LogP contribution in [0, 0.1) is 0 Å². The molecular weight excluding hydrogens is 276 g/mol. The van der Waals surface area contributed by atoms with Crippen molar-refractivity contribution in [3.05, 3.63) is 23.8 Å². The summed E-state index contributed by atoms with van der Waals surface area (Å²) in [6.45, 7) is 5.87. The van der Waals surface area contributed by atoms with Crippen molar-refractivity contribution in [3.8, 4) is 0 Å². The first-order valence-electron chi connectivity index (χ1n) is 8.19. The average Bonchev–Trinajstić information content (AvgIpc) is 2.54. The molecule has 0 unspecified atom stereocenters. The Bertz CT molecular complexity index is 537. The average molecular weight is 302 g/mol. The van der Waals surface area contributed by atoms with Gasteiger partial charge in [-0.1, -0.05) is 0 Å². The summed E-state index contributed by atoms with van der Waals surface area (Å²) in [6.07, 6.45) is 1.50. The largest absolute Gasteiger partial charge is 0.369 e. The van der Waals surface area contributed by atoms with E-state index in [0.29, 0.717) is 6.42 Å². The molecule has 0 aliphatic carbocycles. The third kappa shape index (κ3) is 3.25. The molecule has 1 N–H and O–H groups in total. The zero-order valence-corrected chi connectivity index (χ0v) is 13.6. The zero-order chi connectivity index (χ0) is 15.5. The molecular formula is C17H26N4O. The van der Waals surface area contributed by atoms with E-state index in [-0.39, 0.29) is 5.91 Å². The number of hydrogen-bond donors (Lipinski definition) is 1. The van der Waals surface area contributed by atoms with Gasteiger partial charge in [-0.15, -0.1) is 0 Å². The molecule has 1 fully saturated rings. The topological polar surface area (TPSA) is 38.8 Å². The van der Waals surface area contributed by atoms with Gasteiger partial charge in [-0.2, -0.15) is 0 Å². The Labute approximate surface area is 132 Å². The molecule has 0 aromatic heterocycles. The first-order chi connectivity index (χ1) is 10.6. The van der Waals surface area contributed by atoms with Crippen LogP contribution in [0.15, 0.2) is 18.2 Å². The molecule has 1 aromatic carbocycles. The number of anilines is 2. The number of carbonyl (C=O) groups excluding carboxylic acids is 1. The molecule has 22 heavy (non-hydrogen) atoms. The van der Waals surface area contributed by atoms with E-state index in [1.807, 2.05) is 19.0 Å². The summed E-state index contributed by atoms with van der Waals surface area (Å²) < 4.78 is 0. The van der Waals surface area contributed by atoms with Crippen LogP contribution in [0.3, 0.4) is 0 Å². The van der Waals surface area contributed by atoms with Crippen molar-refractivity contribution < 1.29 is 4.79 Å². The molecule has 0 saturated carbocycles. The molecule has 1 amide bonds. The summed E-state index contributed by atoms with van der Waals surface area (Å²) in [4.78, 5) is 18.8. The van der Waals surface area contributed by atoms with E-state index in [2.05, 4.69) is 33.3 Å². The molecule has 2 aliphatic rings. The Kier molecular flexibility index (Phi) is 4.64. The highest BCUT2D eigenvalue weighted by Crippen LogP contribution is 2.31. The molecule has 3 rings (SSSR count). The minimum atomic E-state index is 0.254. The Morgan fingerprint density at radius 2 is 1.95 bits per heavy atom. The van der Waals surface area contributed by atoms with Crippen molar-refractivity contribution in [2.45, 2.75) is 12.8 Å². The van der Waals surface area contributed by atoms with Crippen molar-refractivity contribution in [1.29, 1.82) is 0 Å². The number of likely N-dealkylation sites (N-methyl/N-ethyl adjacent to an activating group) is 1. The number of rotatable bonds is 4. The number of piperazine rings is 1. The second-order valence-electron chi connectivity index (χ2n) is 6.40. The standard InChI is InChI=1S/C17H26N4O/c1-19(2)11-12-21-16-5-4-15(20-9-7-18-8-10-20)13-14(16)3-6-17(21)22/h4-5,13,18H,3,6-12H2,1-2H3. The molecule has 5 nitrogen and oxygen atoms in total. The third-order valence-electron chi connectivity index (χ3n) is 4.52. The lowest BCUT2D eigenvalue weighted by atomic mass is 10.00. The maximum absolute atomic E-state index is 12.2. The maximum atomic E-state index is 12.2. The van der Waals surface area contributed by atoms with Gasteiger partial charge in [0.15, 0.2) is 0 Å². The van der Waals surface area contributed by atoms with E-state index in [0.717, 1.165) is 51.4 Å². The number of hydrogen-bond acceptors (Lipinski definition) is 4. The van der Waals surface area contributed by atoms with Crippen LogP contribution >= 0.6 is 0 Å². The van der Waals surface area contributed by atoms with Crippen LogP contribution in [-0.2, 0) is 11.2 Å². The number of benzene rings is 1. The maximum Gasteiger partial charge on any atom is 0.227 e. The summed E-state index contributed by atoms with van der Waals surface area (Å²) in [5, 5.41) is 3.39. The Morgan fingerprint density at radius 3 is 2.68 bits per heavy atom. The fourth-order valence-corrected chi connectivity index (χ4v) is 3.21. The summed E-state index contributed by atoms with van der Waals surface area (Å²) in [6, 6.07) is 6.60. The summed E-state index contributed by atoms with van der Waals surface area (Å²) in [7, 11) is 4.09. The molecule has 120 valence electrons. The summed E-state index contributed by atoms with van der Waals surface area (Å²) in [5.74, 6) is 0.254. The van der Waals surface area contributed by atoms with E-state index >= 15 is 0 Å². The molecule has 0 spiro atoms. The molecule has 2 aliphatic heterocycles. The van der Waals surface area contributed by atoms with E-state index < -0.39 is 0 Å². The van der Waals surface area contributed by atoms with Gasteiger partial charge in [0.05, 0.1) is 0 Å². The number of fused-ring (bicyclic) bond motifs is 1. The van der Waals surface area contributed by atoms with E-state index in [4.69, 9.17) is 0 Å². The first kappa shape index (κ1) is 15.3. The van der Waals surface area contributed by atoms with Gasteiger partial charge in [-0.3, -0.25) is 4.79 Å². The molecule has 0 bridgehead atoms. The lowest BCUT2D eigenvalue weighted by molar-refractivity contribution is -0.118. The molecule has 1 saturated heterocycles. The Balaban J connectivity index is 1.80. The fraction of sp³-hybridized carbons (Fsp3) is 0.588. The van der Waals surface area contributed by atoms with Crippen LogP contribution < -0.4 is 15.1 Å². The minimum Gasteiger partial charge on any atom is -0.369 e. The Hall–Kier alpha value is -1.59. The highest BCUT2D eigenvalue weighted by Gasteiger charge is 2.24. The molecule has 2 heterocycles. The highest BCUT2D eigenvalue weighted by molar-refractivity contribution is 5.96. The van der Waals surface area contributed by atoms with Gasteiger partial charge in [0.1, 0.15) is 0 Å². The minimum absolute atomic E-state index is 0.254. The van der Waals surface area contributed by atoms with Gasteiger partial charge in [0.25, 0.3) is 0 Å². The fourth-order valence-electron chi connectivity index (χ4n) is 3.21. The third-order valence-corrected chi connectivity index (χ3v) is 4.52. The van der Waals surface area contributed by atoms with E-state index in [1.165, 1.54) is 11.3 Å². The van der Waals surface area contributed by atoms with Crippen LogP contribution in [0.1, 0.15) is 12.0 Å². The summed E-state index contributed by atoms with van der Waals surface area (Å²) >= 11 is 0. The smallest absolute Gasteiger partial charge is 0.227 e. The lowest BCUT2D eigenvalue weighted by Crippen LogP contribution is -2.43. The second-order valence-corrected chi connectivity index (χ2v) is 6.40. The quantitative estimate of drug-likeness (QED) is 0.898. The zero-order valence-electron chi connectivity index (χ0n) is 13.6. The highest BCUT2D eigenvalue weighted by atomic mass is 16.2. The number of nitrogens with one attached hydrogen (secondary N) is 1. The van der Waals surface area contributed by atoms with Gasteiger partial charge in [0.2, 0.25) is 5.91 Å². The monoisotopic (exact) mass is 302 g/mol. The number of aryl methyl sites for hydroxylation is 1. The van der Waals surface area contributed by atoms with Crippen LogP contribution in [0.4, 0.5) is 11.4 Å². The summed E-state index contributed by atoms with van der Waals surface area (Å²) in [5.41, 5.74) is 3.72. The van der Waals surface area contributed by atoms with Gasteiger partial charge < -0.3 is 20.0 Å². The Morgan fingerprint density at radius 1 is 1.18 bits per heavy atom. The molecule has 0 radical (unpaired) electrons. The van der Waals surface area contributed by atoms with E-state index in [1.54, 1.807) is 0 Å². The molecule has 1 aromatic rings. The lowest BCUT2D eigenvalue weighted by Gasteiger charge is -2.33. The van der Waals surface area contributed by atoms with Crippen molar-refractivity contribution in [2.75, 3.05) is 63.2 Å². The predicted molar refractivity (Wildman–Crippen MR) is 90.8 cm³/mol. The molecule has 5 heteroatoms. The van der Waals surface area contributed by atoms with Crippen molar-refractivity contribution in [2.24, 2.45) is 0 Å². The number of carbonyl (C=O) groups is 1. The van der Waals surface area contributed by atoms with Crippen molar-refractivity contribution >= 4 is 17.3 Å². The molecule has 0 atom stereocenters. The van der Waals surface area contributed by atoms with Crippen LogP contribution in [0.2, 0.25) is 0 Å². The van der Waals surface area contributed by atoms with E-state index in [9.17, 15) is 4.79 Å². The number of amides is 1. The van der Waals surface area contributed by atoms with Crippen LogP contribution in [0.25, 0.3) is 0 Å². The predicted octanol–water partition coefficient (Wildman–Crippen LogP) is 0.937. The van der Waals surface area contributed by atoms with Crippen LogP contribution in [0.5, 0.6) is 0 Å². The first-order valence-corrected chi connectivity index (χ1v) is 8.19. The van der Waals surface area contributed by atoms with Gasteiger partial charge in [-0.25, -0.2) is 0 Å². The van der Waals surface area contributed by atoms with Gasteiger partial charge in [-0.05, 0) is 44.3 Å². The second kappa shape index (κ2) is 6.67. The van der Waals surface area contributed by atoms with Crippen LogP contribution in [-0.4, -0.2) is 64.2 Å². The van der Waals surface area contributed by atoms with Crippen molar-refractivity contribution in [3.63, 3.8) is 0 Å². The normalized spacial score (nSPS) is 18.8. The SMILES string of the molecule is CN(C)CCN1C(=O)CCc2cc(N3CCNCC3)ccc21. The number of nitrogens with zero attached hydrogens (tertiary/aromatic N) is 3. The van der Waals surface area contributed by atoms with Crippen molar-refractivity contribution in [1.82, 2.24) is 10.2 Å².